The van der Waals surface area contributed by atoms with Gasteiger partial charge in [0, 0.05) is 12.8 Å². The van der Waals surface area contributed by atoms with Crippen LogP contribution in [0.3, 0.4) is 0 Å². The van der Waals surface area contributed by atoms with Crippen LogP contribution in [-0.4, -0.2) is 18.7 Å². The molecule has 3 heteroatoms. The first-order valence-electron chi connectivity index (χ1n) is 7.60. The SMILES string of the molecule is CCCOc1cccc(C2CCCCC2OC(C)=O)c1. The highest BCUT2D eigenvalue weighted by molar-refractivity contribution is 5.66. The molecule has 2 unspecified atom stereocenters. The fourth-order valence-corrected chi connectivity index (χ4v) is 2.89. The Kier molecular flexibility index (Phi) is 5.45. The molecule has 2 rings (SSSR count). The van der Waals surface area contributed by atoms with Gasteiger partial charge in [-0.25, -0.2) is 0 Å². The Morgan fingerprint density at radius 1 is 1.30 bits per heavy atom. The van der Waals surface area contributed by atoms with E-state index in [1.807, 2.05) is 12.1 Å². The predicted octanol–water partition coefficient (Wildman–Crippen LogP) is 4.06. The van der Waals surface area contributed by atoms with Crippen LogP contribution in [0.5, 0.6) is 5.75 Å². The lowest BCUT2D eigenvalue weighted by Crippen LogP contribution is -2.27. The minimum atomic E-state index is -0.180. The number of carbonyl (C=O) groups is 1. The van der Waals surface area contributed by atoms with Gasteiger partial charge in [-0.3, -0.25) is 4.79 Å². The molecule has 0 bridgehead atoms. The van der Waals surface area contributed by atoms with Crippen LogP contribution in [0, 0.1) is 0 Å². The summed E-state index contributed by atoms with van der Waals surface area (Å²) in [5, 5.41) is 0. The number of benzene rings is 1. The minimum absolute atomic E-state index is 0.0164. The molecule has 20 heavy (non-hydrogen) atoms. The van der Waals surface area contributed by atoms with Crippen molar-refractivity contribution in [3.63, 3.8) is 0 Å². The highest BCUT2D eigenvalue weighted by Gasteiger charge is 2.29. The summed E-state index contributed by atoms with van der Waals surface area (Å²) in [6, 6.07) is 8.23. The Balaban J connectivity index is 2.12. The fourth-order valence-electron chi connectivity index (χ4n) is 2.89. The van der Waals surface area contributed by atoms with Crippen molar-refractivity contribution in [3.8, 4) is 5.75 Å². The van der Waals surface area contributed by atoms with Crippen molar-refractivity contribution in [2.45, 2.75) is 58.0 Å². The molecular formula is C17H24O3. The van der Waals surface area contributed by atoms with Gasteiger partial charge < -0.3 is 9.47 Å². The molecular weight excluding hydrogens is 252 g/mol. The summed E-state index contributed by atoms with van der Waals surface area (Å²) in [6.45, 7) is 4.33. The highest BCUT2D eigenvalue weighted by Crippen LogP contribution is 2.36. The van der Waals surface area contributed by atoms with Gasteiger partial charge in [0.2, 0.25) is 0 Å². The molecule has 0 N–H and O–H groups in total. The summed E-state index contributed by atoms with van der Waals surface area (Å²) < 4.78 is 11.2. The van der Waals surface area contributed by atoms with Crippen LogP contribution >= 0.6 is 0 Å². The van der Waals surface area contributed by atoms with E-state index in [0.717, 1.165) is 38.0 Å². The van der Waals surface area contributed by atoms with Crippen LogP contribution < -0.4 is 4.74 Å². The second-order valence-electron chi connectivity index (χ2n) is 5.46. The number of hydrogen-bond acceptors (Lipinski definition) is 3. The standard InChI is InChI=1S/C17H24O3/c1-3-11-19-15-8-6-7-14(12-15)16-9-4-5-10-17(16)20-13(2)18/h6-8,12,16-17H,3-5,9-11H2,1-2H3. The lowest BCUT2D eigenvalue weighted by molar-refractivity contribution is -0.148. The summed E-state index contributed by atoms with van der Waals surface area (Å²) in [4.78, 5) is 11.3. The molecule has 1 fully saturated rings. The van der Waals surface area contributed by atoms with Gasteiger partial charge in [0.25, 0.3) is 0 Å². The van der Waals surface area contributed by atoms with E-state index in [0.29, 0.717) is 5.92 Å². The summed E-state index contributed by atoms with van der Waals surface area (Å²) in [7, 11) is 0. The molecule has 0 heterocycles. The average molecular weight is 276 g/mol. The lowest BCUT2D eigenvalue weighted by Gasteiger charge is -2.31. The second-order valence-corrected chi connectivity index (χ2v) is 5.46. The summed E-state index contributed by atoms with van der Waals surface area (Å²) >= 11 is 0. The Bertz CT molecular complexity index is 442. The van der Waals surface area contributed by atoms with Gasteiger partial charge in [-0.05, 0) is 43.4 Å². The molecule has 0 radical (unpaired) electrons. The Labute approximate surface area is 121 Å². The topological polar surface area (TPSA) is 35.5 Å². The number of hydrogen-bond donors (Lipinski definition) is 0. The zero-order chi connectivity index (χ0) is 14.4. The summed E-state index contributed by atoms with van der Waals surface area (Å²) in [6.07, 6.45) is 5.40. The van der Waals surface area contributed by atoms with Crippen LogP contribution in [-0.2, 0) is 9.53 Å². The van der Waals surface area contributed by atoms with Gasteiger partial charge in [-0.2, -0.15) is 0 Å². The van der Waals surface area contributed by atoms with Gasteiger partial charge in [0.1, 0.15) is 11.9 Å². The lowest BCUT2D eigenvalue weighted by atomic mass is 9.81. The summed E-state index contributed by atoms with van der Waals surface area (Å²) in [5.41, 5.74) is 1.23. The number of rotatable bonds is 5. The Hall–Kier alpha value is -1.51. The van der Waals surface area contributed by atoms with E-state index in [4.69, 9.17) is 9.47 Å². The van der Waals surface area contributed by atoms with E-state index in [9.17, 15) is 4.79 Å². The molecule has 1 aliphatic rings. The molecule has 0 aromatic heterocycles. The monoisotopic (exact) mass is 276 g/mol. The van der Waals surface area contributed by atoms with Gasteiger partial charge in [0.05, 0.1) is 6.61 Å². The maximum atomic E-state index is 11.3. The Morgan fingerprint density at radius 3 is 2.85 bits per heavy atom. The fraction of sp³-hybridized carbons (Fsp3) is 0.588. The first-order chi connectivity index (χ1) is 9.70. The third-order valence-corrected chi connectivity index (χ3v) is 3.78. The molecule has 1 aromatic carbocycles. The third kappa shape index (κ3) is 3.99. The van der Waals surface area contributed by atoms with Crippen molar-refractivity contribution >= 4 is 5.97 Å². The smallest absolute Gasteiger partial charge is 0.302 e. The summed E-state index contributed by atoms with van der Waals surface area (Å²) in [5.74, 6) is 1.04. The zero-order valence-electron chi connectivity index (χ0n) is 12.4. The van der Waals surface area contributed by atoms with Gasteiger partial charge >= 0.3 is 5.97 Å². The predicted molar refractivity (Wildman–Crippen MR) is 79.0 cm³/mol. The van der Waals surface area contributed by atoms with Crippen LogP contribution in [0.15, 0.2) is 24.3 Å². The molecule has 2 atom stereocenters. The van der Waals surface area contributed by atoms with E-state index in [-0.39, 0.29) is 12.1 Å². The van der Waals surface area contributed by atoms with Crippen molar-refractivity contribution < 1.29 is 14.3 Å². The van der Waals surface area contributed by atoms with Gasteiger partial charge in [-0.1, -0.05) is 25.5 Å². The van der Waals surface area contributed by atoms with E-state index < -0.39 is 0 Å². The van der Waals surface area contributed by atoms with E-state index in [1.165, 1.54) is 18.9 Å². The zero-order valence-corrected chi connectivity index (χ0v) is 12.4. The first-order valence-corrected chi connectivity index (χ1v) is 7.60. The molecule has 1 saturated carbocycles. The molecule has 0 saturated heterocycles. The van der Waals surface area contributed by atoms with E-state index in [1.54, 1.807) is 0 Å². The molecule has 0 amide bonds. The average Bonchev–Trinajstić information content (AvgIpc) is 2.45. The number of ether oxygens (including phenoxy) is 2. The first kappa shape index (κ1) is 14.9. The minimum Gasteiger partial charge on any atom is -0.494 e. The maximum absolute atomic E-state index is 11.3. The second kappa shape index (κ2) is 7.32. The number of esters is 1. The van der Waals surface area contributed by atoms with Crippen molar-refractivity contribution in [3.05, 3.63) is 29.8 Å². The molecule has 0 aliphatic heterocycles. The van der Waals surface area contributed by atoms with Gasteiger partial charge in [0.15, 0.2) is 0 Å². The van der Waals surface area contributed by atoms with E-state index in [2.05, 4.69) is 19.1 Å². The third-order valence-electron chi connectivity index (χ3n) is 3.78. The van der Waals surface area contributed by atoms with Crippen LogP contribution in [0.4, 0.5) is 0 Å². The van der Waals surface area contributed by atoms with E-state index >= 15 is 0 Å². The van der Waals surface area contributed by atoms with Crippen molar-refractivity contribution in [2.75, 3.05) is 6.61 Å². The van der Waals surface area contributed by atoms with Crippen molar-refractivity contribution in [1.82, 2.24) is 0 Å². The van der Waals surface area contributed by atoms with Crippen molar-refractivity contribution in [1.29, 1.82) is 0 Å². The Morgan fingerprint density at radius 2 is 2.10 bits per heavy atom. The van der Waals surface area contributed by atoms with Crippen LogP contribution in [0.25, 0.3) is 0 Å². The van der Waals surface area contributed by atoms with Crippen LogP contribution in [0.1, 0.15) is 57.4 Å². The van der Waals surface area contributed by atoms with Gasteiger partial charge in [-0.15, -0.1) is 0 Å². The molecule has 3 nitrogen and oxygen atoms in total. The quantitative estimate of drug-likeness (QED) is 0.761. The normalized spacial score (nSPS) is 22.3. The molecule has 0 spiro atoms. The molecule has 1 aliphatic carbocycles. The largest absolute Gasteiger partial charge is 0.494 e. The number of carbonyl (C=O) groups excluding carboxylic acids is 1. The molecule has 1 aromatic rings. The van der Waals surface area contributed by atoms with Crippen LogP contribution in [0.2, 0.25) is 0 Å². The van der Waals surface area contributed by atoms with Crippen molar-refractivity contribution in [2.24, 2.45) is 0 Å². The maximum Gasteiger partial charge on any atom is 0.302 e. The highest BCUT2D eigenvalue weighted by atomic mass is 16.5. The molecule has 110 valence electrons.